The van der Waals surface area contributed by atoms with Crippen LogP contribution in [-0.2, 0) is 16.0 Å². The fraction of sp³-hybridized carbons (Fsp3) is 0.650. The molecule has 2 fully saturated rings. The highest BCUT2D eigenvalue weighted by atomic mass is 127. The Morgan fingerprint density at radius 3 is 2.59 bits per heavy atom. The predicted molar refractivity (Wildman–Crippen MR) is 123 cm³/mol. The maximum atomic E-state index is 10.7. The van der Waals surface area contributed by atoms with Crippen molar-refractivity contribution in [2.75, 3.05) is 33.4 Å². The first-order valence-corrected chi connectivity index (χ1v) is 10.1. The van der Waals surface area contributed by atoms with Crippen molar-refractivity contribution < 1.29 is 14.4 Å². The lowest BCUT2D eigenvalue weighted by atomic mass is 10.1. The van der Waals surface area contributed by atoms with Gasteiger partial charge in [-0.25, -0.2) is 0 Å². The Balaban J connectivity index is 0.00000300. The maximum Gasteiger partial charge on any atom is 0.269 e. The summed E-state index contributed by atoms with van der Waals surface area (Å²) in [6.07, 6.45) is 6.02. The summed E-state index contributed by atoms with van der Waals surface area (Å²) in [5.74, 6) is 0.854. The number of nitrogens with zero attached hydrogens (tertiary/aromatic N) is 3. The van der Waals surface area contributed by atoms with Gasteiger partial charge in [-0.05, 0) is 37.7 Å². The molecule has 1 unspecified atom stereocenters. The zero-order valence-corrected chi connectivity index (χ0v) is 19.2. The van der Waals surface area contributed by atoms with Crippen molar-refractivity contribution in [2.24, 2.45) is 4.99 Å². The average Bonchev–Trinajstić information content (AvgIpc) is 2.74. The Hall–Kier alpha value is -1.46. The zero-order chi connectivity index (χ0) is 19.8. The molecule has 0 radical (unpaired) electrons. The van der Waals surface area contributed by atoms with Crippen molar-refractivity contribution >= 4 is 35.6 Å². The van der Waals surface area contributed by atoms with Gasteiger partial charge in [0.2, 0.25) is 0 Å². The Morgan fingerprint density at radius 2 is 2.00 bits per heavy atom. The molecule has 8 nitrogen and oxygen atoms in total. The second kappa shape index (κ2) is 12.3. The van der Waals surface area contributed by atoms with Crippen LogP contribution >= 0.6 is 24.0 Å². The number of hydrogen-bond donors (Lipinski definition) is 1. The van der Waals surface area contributed by atoms with Crippen LogP contribution < -0.4 is 5.32 Å². The van der Waals surface area contributed by atoms with Gasteiger partial charge in [0.15, 0.2) is 5.96 Å². The molecule has 2 heterocycles. The molecule has 9 heteroatoms. The van der Waals surface area contributed by atoms with Gasteiger partial charge in [-0.15, -0.1) is 24.0 Å². The van der Waals surface area contributed by atoms with Crippen molar-refractivity contribution in [1.29, 1.82) is 0 Å². The predicted octanol–water partition coefficient (Wildman–Crippen LogP) is 3.34. The standard InChI is InChI=1S/C20H30N4O4.HI/c1-21-20(22-14-16-5-7-17(8-6-16)24(25)26)23-11-9-18(10-12-23)28-15-19-4-2-3-13-27-19;/h5-8,18-19H,2-4,9-15H2,1H3,(H,21,22);1H. The monoisotopic (exact) mass is 518 g/mol. The molecule has 0 saturated carbocycles. The highest BCUT2D eigenvalue weighted by Gasteiger charge is 2.23. The topological polar surface area (TPSA) is 89.2 Å². The number of ether oxygens (including phenoxy) is 2. The van der Waals surface area contributed by atoms with E-state index in [9.17, 15) is 10.1 Å². The van der Waals surface area contributed by atoms with Crippen molar-refractivity contribution in [2.45, 2.75) is 50.9 Å². The maximum absolute atomic E-state index is 10.7. The Bertz CT molecular complexity index is 657. The third-order valence-electron chi connectivity index (χ3n) is 5.34. The molecule has 2 aliphatic rings. The lowest BCUT2D eigenvalue weighted by molar-refractivity contribution is -0.384. The number of guanidine groups is 1. The summed E-state index contributed by atoms with van der Waals surface area (Å²) in [6.45, 7) is 3.95. The molecular weight excluding hydrogens is 487 g/mol. The average molecular weight is 518 g/mol. The second-order valence-electron chi connectivity index (χ2n) is 7.33. The number of piperidine rings is 1. The van der Waals surface area contributed by atoms with E-state index in [-0.39, 0.29) is 46.8 Å². The highest BCUT2D eigenvalue weighted by molar-refractivity contribution is 14.0. The quantitative estimate of drug-likeness (QED) is 0.204. The van der Waals surface area contributed by atoms with E-state index < -0.39 is 0 Å². The van der Waals surface area contributed by atoms with Gasteiger partial charge in [0.05, 0.1) is 23.7 Å². The molecule has 2 saturated heterocycles. The molecule has 1 aromatic rings. The first-order chi connectivity index (χ1) is 13.7. The lowest BCUT2D eigenvalue weighted by Crippen LogP contribution is -2.47. The van der Waals surface area contributed by atoms with E-state index in [1.807, 2.05) is 0 Å². The Morgan fingerprint density at radius 1 is 1.28 bits per heavy atom. The Kier molecular flexibility index (Phi) is 10.1. The van der Waals surface area contributed by atoms with E-state index in [1.165, 1.54) is 25.0 Å². The van der Waals surface area contributed by atoms with Crippen molar-refractivity contribution in [3.05, 3.63) is 39.9 Å². The number of hydrogen-bond acceptors (Lipinski definition) is 5. The summed E-state index contributed by atoms with van der Waals surface area (Å²) in [6, 6.07) is 6.59. The third kappa shape index (κ3) is 7.38. The molecule has 0 aromatic heterocycles. The number of nitro groups is 1. The molecule has 2 aliphatic heterocycles. The van der Waals surface area contributed by atoms with Gasteiger partial charge in [-0.1, -0.05) is 12.1 Å². The molecule has 0 bridgehead atoms. The molecular formula is C20H31IN4O4. The lowest BCUT2D eigenvalue weighted by Gasteiger charge is -2.35. The second-order valence-corrected chi connectivity index (χ2v) is 7.33. The summed E-state index contributed by atoms with van der Waals surface area (Å²) >= 11 is 0. The normalized spacial score (nSPS) is 20.8. The number of aliphatic imine (C=N–C) groups is 1. The van der Waals surface area contributed by atoms with Gasteiger partial charge < -0.3 is 19.7 Å². The third-order valence-corrected chi connectivity index (χ3v) is 5.34. The molecule has 0 amide bonds. The van der Waals surface area contributed by atoms with Gasteiger partial charge in [0, 0.05) is 45.4 Å². The SMILES string of the molecule is CN=C(NCc1ccc([N+](=O)[O-])cc1)N1CCC(OCC2CCCCO2)CC1.I. The van der Waals surface area contributed by atoms with Gasteiger partial charge in [0.1, 0.15) is 0 Å². The van der Waals surface area contributed by atoms with Gasteiger partial charge in [-0.3, -0.25) is 15.1 Å². The van der Waals surface area contributed by atoms with Crippen molar-refractivity contribution in [1.82, 2.24) is 10.2 Å². The van der Waals surface area contributed by atoms with Crippen LogP contribution in [0.5, 0.6) is 0 Å². The molecule has 162 valence electrons. The largest absolute Gasteiger partial charge is 0.376 e. The van der Waals surface area contributed by atoms with Crippen LogP contribution in [0.25, 0.3) is 0 Å². The molecule has 0 spiro atoms. The first-order valence-electron chi connectivity index (χ1n) is 10.1. The summed E-state index contributed by atoms with van der Waals surface area (Å²) in [7, 11) is 1.78. The number of non-ortho nitro benzene ring substituents is 1. The van der Waals surface area contributed by atoms with E-state index in [4.69, 9.17) is 9.47 Å². The minimum absolute atomic E-state index is 0. The Labute approximate surface area is 189 Å². The number of halogens is 1. The minimum Gasteiger partial charge on any atom is -0.376 e. The van der Waals surface area contributed by atoms with Gasteiger partial charge in [-0.2, -0.15) is 0 Å². The molecule has 3 rings (SSSR count). The fourth-order valence-corrected chi connectivity index (χ4v) is 3.67. The number of rotatable bonds is 6. The summed E-state index contributed by atoms with van der Waals surface area (Å²) < 4.78 is 11.8. The zero-order valence-electron chi connectivity index (χ0n) is 16.9. The van der Waals surface area contributed by atoms with E-state index in [1.54, 1.807) is 19.2 Å². The van der Waals surface area contributed by atoms with Crippen LogP contribution in [-0.4, -0.2) is 61.3 Å². The van der Waals surface area contributed by atoms with Crippen molar-refractivity contribution in [3.8, 4) is 0 Å². The molecule has 29 heavy (non-hydrogen) atoms. The van der Waals surface area contributed by atoms with Crippen LogP contribution in [0.15, 0.2) is 29.3 Å². The van der Waals surface area contributed by atoms with E-state index in [0.717, 1.165) is 50.5 Å². The smallest absolute Gasteiger partial charge is 0.269 e. The fourth-order valence-electron chi connectivity index (χ4n) is 3.67. The van der Waals surface area contributed by atoms with E-state index in [2.05, 4.69) is 15.2 Å². The number of nitrogens with one attached hydrogen (secondary N) is 1. The molecule has 1 aromatic carbocycles. The molecule has 1 N–H and O–H groups in total. The van der Waals surface area contributed by atoms with Crippen LogP contribution in [0, 0.1) is 10.1 Å². The van der Waals surface area contributed by atoms with Gasteiger partial charge in [0.25, 0.3) is 5.69 Å². The molecule has 0 aliphatic carbocycles. The summed E-state index contributed by atoms with van der Waals surface area (Å²) in [4.78, 5) is 17.0. The van der Waals surface area contributed by atoms with E-state index >= 15 is 0 Å². The molecule has 1 atom stereocenters. The number of nitro benzene ring substituents is 1. The van der Waals surface area contributed by atoms with Crippen LogP contribution in [0.4, 0.5) is 5.69 Å². The van der Waals surface area contributed by atoms with Crippen LogP contribution in [0.2, 0.25) is 0 Å². The van der Waals surface area contributed by atoms with E-state index in [0.29, 0.717) is 13.2 Å². The first kappa shape index (κ1) is 23.8. The number of benzene rings is 1. The minimum atomic E-state index is -0.386. The van der Waals surface area contributed by atoms with Crippen molar-refractivity contribution in [3.63, 3.8) is 0 Å². The van der Waals surface area contributed by atoms with Gasteiger partial charge >= 0.3 is 0 Å². The van der Waals surface area contributed by atoms with Crippen LogP contribution in [0.3, 0.4) is 0 Å². The highest BCUT2D eigenvalue weighted by Crippen LogP contribution is 2.18. The number of likely N-dealkylation sites (tertiary alicyclic amines) is 1. The summed E-state index contributed by atoms with van der Waals surface area (Å²) in [5, 5.41) is 14.1. The van der Waals surface area contributed by atoms with Crippen LogP contribution in [0.1, 0.15) is 37.7 Å². The summed E-state index contributed by atoms with van der Waals surface area (Å²) in [5.41, 5.74) is 1.09.